The highest BCUT2D eigenvalue weighted by Crippen LogP contribution is 2.22. The fourth-order valence-corrected chi connectivity index (χ4v) is 3.36. The van der Waals surface area contributed by atoms with Gasteiger partial charge in [-0.3, -0.25) is 9.78 Å². The zero-order valence-electron chi connectivity index (χ0n) is 16.9. The molecule has 1 heterocycles. The van der Waals surface area contributed by atoms with Gasteiger partial charge in [-0.15, -0.1) is 0 Å². The second-order valence-electron chi connectivity index (χ2n) is 6.69. The lowest BCUT2D eigenvalue weighted by molar-refractivity contribution is -0.143. The monoisotopic (exact) mass is 419 g/mol. The quantitative estimate of drug-likeness (QED) is 0.438. The van der Waals surface area contributed by atoms with Crippen LogP contribution in [-0.2, 0) is 16.1 Å². The zero-order valence-corrected chi connectivity index (χ0v) is 17.7. The molecule has 0 fully saturated rings. The third kappa shape index (κ3) is 6.12. The first-order valence-corrected chi connectivity index (χ1v) is 10.3. The van der Waals surface area contributed by atoms with E-state index in [0.717, 1.165) is 16.8 Å². The standard InChI is InChI=1S/C24H25N3O2S/c1-2-29-22(28)18-27(17-21-15-9-10-16-25-21)24(30)26-23(19-11-5-3-6-12-19)20-13-7-4-8-14-20/h3-16,23H,2,17-18H2,1H3,(H,26,30). The average Bonchev–Trinajstić information content (AvgIpc) is 2.79. The lowest BCUT2D eigenvalue weighted by Gasteiger charge is -2.29. The molecule has 0 aliphatic heterocycles. The van der Waals surface area contributed by atoms with Gasteiger partial charge in [0.05, 0.1) is 24.9 Å². The van der Waals surface area contributed by atoms with Gasteiger partial charge in [0, 0.05) is 6.20 Å². The Hall–Kier alpha value is -3.25. The highest BCUT2D eigenvalue weighted by molar-refractivity contribution is 7.80. The highest BCUT2D eigenvalue weighted by Gasteiger charge is 2.21. The fourth-order valence-electron chi connectivity index (χ4n) is 3.11. The summed E-state index contributed by atoms with van der Waals surface area (Å²) in [5.41, 5.74) is 2.99. The molecular formula is C24H25N3O2S. The van der Waals surface area contributed by atoms with Gasteiger partial charge in [0.1, 0.15) is 6.54 Å². The van der Waals surface area contributed by atoms with Crippen molar-refractivity contribution in [3.8, 4) is 0 Å². The Morgan fingerprint density at radius 3 is 2.13 bits per heavy atom. The summed E-state index contributed by atoms with van der Waals surface area (Å²) in [5, 5.41) is 3.90. The van der Waals surface area contributed by atoms with E-state index in [-0.39, 0.29) is 18.6 Å². The maximum atomic E-state index is 12.2. The van der Waals surface area contributed by atoms with Gasteiger partial charge in [-0.25, -0.2) is 0 Å². The molecule has 1 N–H and O–H groups in total. The van der Waals surface area contributed by atoms with Crippen LogP contribution in [0.25, 0.3) is 0 Å². The third-order valence-electron chi connectivity index (χ3n) is 4.53. The number of carbonyl (C=O) groups is 1. The number of nitrogens with zero attached hydrogens (tertiary/aromatic N) is 2. The van der Waals surface area contributed by atoms with Crippen molar-refractivity contribution in [3.05, 3.63) is 102 Å². The summed E-state index contributed by atoms with van der Waals surface area (Å²) in [6.45, 7) is 2.57. The van der Waals surface area contributed by atoms with Crippen LogP contribution in [0.1, 0.15) is 29.8 Å². The van der Waals surface area contributed by atoms with Crippen molar-refractivity contribution in [2.75, 3.05) is 13.2 Å². The summed E-state index contributed by atoms with van der Waals surface area (Å²) in [6, 6.07) is 25.7. The summed E-state index contributed by atoms with van der Waals surface area (Å²) in [5.74, 6) is -0.325. The number of hydrogen-bond acceptors (Lipinski definition) is 4. The van der Waals surface area contributed by atoms with Gasteiger partial charge in [-0.1, -0.05) is 66.7 Å². The molecule has 0 saturated heterocycles. The highest BCUT2D eigenvalue weighted by atomic mass is 32.1. The number of esters is 1. The van der Waals surface area contributed by atoms with Gasteiger partial charge in [-0.2, -0.15) is 0 Å². The number of aromatic nitrogens is 1. The molecule has 0 atom stereocenters. The molecule has 3 aromatic rings. The van der Waals surface area contributed by atoms with Crippen LogP contribution in [0.3, 0.4) is 0 Å². The third-order valence-corrected chi connectivity index (χ3v) is 4.90. The van der Waals surface area contributed by atoms with E-state index >= 15 is 0 Å². The molecule has 30 heavy (non-hydrogen) atoms. The summed E-state index contributed by atoms with van der Waals surface area (Å²) >= 11 is 5.73. The summed E-state index contributed by atoms with van der Waals surface area (Å²) in [7, 11) is 0. The predicted molar refractivity (Wildman–Crippen MR) is 122 cm³/mol. The van der Waals surface area contributed by atoms with Crippen molar-refractivity contribution in [1.82, 2.24) is 15.2 Å². The molecule has 0 saturated carbocycles. The number of thiocarbonyl (C=S) groups is 1. The maximum Gasteiger partial charge on any atom is 0.325 e. The first-order valence-electron chi connectivity index (χ1n) is 9.88. The molecule has 2 aromatic carbocycles. The average molecular weight is 420 g/mol. The van der Waals surface area contributed by atoms with Gasteiger partial charge in [0.2, 0.25) is 0 Å². The van der Waals surface area contributed by atoms with Gasteiger partial charge in [-0.05, 0) is 42.4 Å². The number of ether oxygens (including phenoxy) is 1. The molecular weight excluding hydrogens is 394 g/mol. The number of hydrogen-bond donors (Lipinski definition) is 1. The van der Waals surface area contributed by atoms with Crippen molar-refractivity contribution in [3.63, 3.8) is 0 Å². The van der Waals surface area contributed by atoms with Crippen LogP contribution in [0.5, 0.6) is 0 Å². The number of rotatable bonds is 8. The molecule has 0 spiro atoms. The fraction of sp³-hybridized carbons (Fsp3) is 0.208. The Balaban J connectivity index is 1.84. The SMILES string of the molecule is CCOC(=O)CN(Cc1ccccn1)C(=S)NC(c1ccccc1)c1ccccc1. The van der Waals surface area contributed by atoms with Crippen molar-refractivity contribution in [2.45, 2.75) is 19.5 Å². The Kier molecular flexibility index (Phi) is 7.92. The van der Waals surface area contributed by atoms with E-state index in [0.29, 0.717) is 18.3 Å². The predicted octanol–water partition coefficient (Wildman–Crippen LogP) is 4.11. The van der Waals surface area contributed by atoms with Crippen molar-refractivity contribution in [2.24, 2.45) is 0 Å². The topological polar surface area (TPSA) is 54.5 Å². The summed E-state index contributed by atoms with van der Waals surface area (Å²) in [4.78, 5) is 18.4. The van der Waals surface area contributed by atoms with Gasteiger partial charge in [0.15, 0.2) is 5.11 Å². The lowest BCUT2D eigenvalue weighted by Crippen LogP contribution is -2.44. The van der Waals surface area contributed by atoms with Crippen molar-refractivity contribution < 1.29 is 9.53 Å². The van der Waals surface area contributed by atoms with Gasteiger partial charge >= 0.3 is 5.97 Å². The molecule has 0 bridgehead atoms. The van der Waals surface area contributed by atoms with E-state index in [9.17, 15) is 4.79 Å². The number of benzene rings is 2. The van der Waals surface area contributed by atoms with E-state index in [2.05, 4.69) is 34.6 Å². The minimum atomic E-state index is -0.325. The molecule has 154 valence electrons. The first-order chi connectivity index (χ1) is 14.7. The second kappa shape index (κ2) is 11.1. The van der Waals surface area contributed by atoms with Crippen molar-refractivity contribution in [1.29, 1.82) is 0 Å². The van der Waals surface area contributed by atoms with Gasteiger partial charge in [0.25, 0.3) is 0 Å². The van der Waals surface area contributed by atoms with Gasteiger partial charge < -0.3 is 15.0 Å². The Bertz CT molecular complexity index is 897. The normalized spacial score (nSPS) is 10.5. The van der Waals surface area contributed by atoms with E-state index in [4.69, 9.17) is 17.0 Å². The molecule has 0 amide bonds. The first kappa shape index (κ1) is 21.5. The molecule has 0 aliphatic carbocycles. The molecule has 0 aliphatic rings. The maximum absolute atomic E-state index is 12.2. The van der Waals surface area contributed by atoms with Crippen molar-refractivity contribution >= 4 is 23.3 Å². The number of nitrogens with one attached hydrogen (secondary N) is 1. The number of carbonyl (C=O) groups excluding carboxylic acids is 1. The molecule has 6 heteroatoms. The van der Waals surface area contributed by atoms with Crippen LogP contribution in [-0.4, -0.2) is 34.1 Å². The van der Waals surface area contributed by atoms with Crippen LogP contribution in [0.4, 0.5) is 0 Å². The van der Waals surface area contributed by atoms with Crippen LogP contribution >= 0.6 is 12.2 Å². The molecule has 5 nitrogen and oxygen atoms in total. The lowest BCUT2D eigenvalue weighted by atomic mass is 9.99. The number of pyridine rings is 1. The Morgan fingerprint density at radius 2 is 1.60 bits per heavy atom. The summed E-state index contributed by atoms with van der Waals surface area (Å²) < 4.78 is 5.15. The summed E-state index contributed by atoms with van der Waals surface area (Å²) in [6.07, 6.45) is 1.73. The largest absolute Gasteiger partial charge is 0.465 e. The Morgan fingerprint density at radius 1 is 1.00 bits per heavy atom. The van der Waals surface area contributed by atoms with E-state index < -0.39 is 0 Å². The minimum absolute atomic E-state index is 0.0482. The second-order valence-corrected chi connectivity index (χ2v) is 7.07. The minimum Gasteiger partial charge on any atom is -0.465 e. The van der Waals surface area contributed by atoms with Crippen LogP contribution in [0.2, 0.25) is 0 Å². The van der Waals surface area contributed by atoms with Crippen LogP contribution < -0.4 is 5.32 Å². The smallest absolute Gasteiger partial charge is 0.325 e. The molecule has 0 radical (unpaired) electrons. The molecule has 1 aromatic heterocycles. The zero-order chi connectivity index (χ0) is 21.2. The van der Waals surface area contributed by atoms with Crippen LogP contribution in [0, 0.1) is 0 Å². The molecule has 3 rings (SSSR count). The van der Waals surface area contributed by atoms with E-state index in [1.165, 1.54) is 0 Å². The van der Waals surface area contributed by atoms with E-state index in [1.807, 2.05) is 54.6 Å². The Labute approximate surface area is 182 Å². The van der Waals surface area contributed by atoms with Crippen LogP contribution in [0.15, 0.2) is 85.1 Å². The van der Waals surface area contributed by atoms with E-state index in [1.54, 1.807) is 18.0 Å². The molecule has 0 unspecified atom stereocenters.